The van der Waals surface area contributed by atoms with Crippen molar-refractivity contribution in [2.45, 2.75) is 65.0 Å². The fraction of sp³-hybridized carbons (Fsp3) is 1.00. The molecule has 0 aliphatic heterocycles. The van der Waals surface area contributed by atoms with Crippen molar-refractivity contribution in [3.8, 4) is 0 Å². The van der Waals surface area contributed by atoms with Crippen molar-refractivity contribution in [3.05, 3.63) is 0 Å². The van der Waals surface area contributed by atoms with Gasteiger partial charge in [0.25, 0.3) is 0 Å². The molecule has 0 saturated heterocycles. The highest BCUT2D eigenvalue weighted by molar-refractivity contribution is 4.87. The van der Waals surface area contributed by atoms with Gasteiger partial charge in [0, 0.05) is 26.2 Å². The molecular formula is C16H33NO2. The summed E-state index contributed by atoms with van der Waals surface area (Å²) in [5.41, 5.74) is 0. The fourth-order valence-electron chi connectivity index (χ4n) is 3.35. The second-order valence-corrected chi connectivity index (χ2v) is 6.48. The molecule has 3 nitrogen and oxygen atoms in total. The number of rotatable bonds is 8. The molecular weight excluding hydrogens is 238 g/mol. The predicted molar refractivity (Wildman–Crippen MR) is 80.3 cm³/mol. The molecule has 1 N–H and O–H groups in total. The molecule has 3 unspecified atom stereocenters. The molecule has 0 spiro atoms. The molecule has 19 heavy (non-hydrogen) atoms. The Labute approximate surface area is 119 Å². The van der Waals surface area contributed by atoms with Crippen molar-refractivity contribution >= 4 is 0 Å². The molecule has 1 rings (SSSR count). The maximum Gasteiger partial charge on any atom is 0.0695 e. The van der Waals surface area contributed by atoms with Gasteiger partial charge in [0.1, 0.15) is 0 Å². The summed E-state index contributed by atoms with van der Waals surface area (Å²) in [6.07, 6.45) is 5.75. The topological polar surface area (TPSA) is 32.7 Å². The van der Waals surface area contributed by atoms with Gasteiger partial charge in [-0.1, -0.05) is 33.6 Å². The van der Waals surface area contributed by atoms with E-state index >= 15 is 0 Å². The molecule has 0 aromatic heterocycles. The zero-order chi connectivity index (χ0) is 14.3. The van der Waals surface area contributed by atoms with Gasteiger partial charge in [-0.3, -0.25) is 4.90 Å². The average Bonchev–Trinajstić information content (AvgIpc) is 2.37. The minimum absolute atomic E-state index is 0.149. The van der Waals surface area contributed by atoms with Gasteiger partial charge in [0.2, 0.25) is 0 Å². The predicted octanol–water partition coefficient (Wildman–Crippen LogP) is 2.92. The Morgan fingerprint density at radius 3 is 2.63 bits per heavy atom. The molecule has 0 radical (unpaired) electrons. The summed E-state index contributed by atoms with van der Waals surface area (Å²) >= 11 is 0. The number of aliphatic hydroxyl groups excluding tert-OH is 1. The Kier molecular flexibility index (Phi) is 7.96. The van der Waals surface area contributed by atoms with Crippen LogP contribution in [0.25, 0.3) is 0 Å². The third kappa shape index (κ3) is 5.80. The van der Waals surface area contributed by atoms with Crippen LogP contribution in [0, 0.1) is 11.8 Å². The van der Waals surface area contributed by atoms with E-state index in [0.29, 0.717) is 12.0 Å². The van der Waals surface area contributed by atoms with Gasteiger partial charge < -0.3 is 9.84 Å². The van der Waals surface area contributed by atoms with Crippen molar-refractivity contribution in [3.63, 3.8) is 0 Å². The van der Waals surface area contributed by atoms with Gasteiger partial charge in [0.05, 0.1) is 12.7 Å². The lowest BCUT2D eigenvalue weighted by Crippen LogP contribution is -2.49. The molecule has 0 aromatic carbocycles. The smallest absolute Gasteiger partial charge is 0.0695 e. The van der Waals surface area contributed by atoms with Gasteiger partial charge in [-0.2, -0.15) is 0 Å². The van der Waals surface area contributed by atoms with Crippen molar-refractivity contribution in [1.82, 2.24) is 4.90 Å². The molecule has 114 valence electrons. The Morgan fingerprint density at radius 1 is 1.32 bits per heavy atom. The first-order valence-corrected chi connectivity index (χ1v) is 7.99. The Balaban J connectivity index is 2.61. The fourth-order valence-corrected chi connectivity index (χ4v) is 3.35. The standard InChI is InChI=1S/C16H33NO2/c1-5-6-14-7-8-16(18)15(11-14)17(9-10-19-4)12-13(2)3/h13-16,18H,5-12H2,1-4H3. The zero-order valence-electron chi connectivity index (χ0n) is 13.3. The maximum absolute atomic E-state index is 10.4. The zero-order valence-corrected chi connectivity index (χ0v) is 13.3. The van der Waals surface area contributed by atoms with Gasteiger partial charge >= 0.3 is 0 Å². The largest absolute Gasteiger partial charge is 0.391 e. The molecule has 0 heterocycles. The van der Waals surface area contributed by atoms with Gasteiger partial charge in [0.15, 0.2) is 0 Å². The molecule has 3 heteroatoms. The molecule has 1 aliphatic rings. The lowest BCUT2D eigenvalue weighted by atomic mass is 9.80. The SMILES string of the molecule is CCCC1CCC(O)C(N(CCOC)CC(C)C)C1. The van der Waals surface area contributed by atoms with E-state index in [4.69, 9.17) is 4.74 Å². The first-order valence-electron chi connectivity index (χ1n) is 7.99. The summed E-state index contributed by atoms with van der Waals surface area (Å²) in [6, 6.07) is 0.336. The maximum atomic E-state index is 10.4. The summed E-state index contributed by atoms with van der Waals surface area (Å²) in [7, 11) is 1.75. The van der Waals surface area contributed by atoms with Crippen LogP contribution >= 0.6 is 0 Å². The van der Waals surface area contributed by atoms with Gasteiger partial charge in [-0.25, -0.2) is 0 Å². The minimum atomic E-state index is -0.149. The third-order valence-electron chi connectivity index (χ3n) is 4.24. The Morgan fingerprint density at radius 2 is 2.05 bits per heavy atom. The lowest BCUT2D eigenvalue weighted by molar-refractivity contribution is -0.0118. The second-order valence-electron chi connectivity index (χ2n) is 6.48. The normalized spacial score (nSPS) is 28.3. The molecule has 1 saturated carbocycles. The monoisotopic (exact) mass is 271 g/mol. The molecule has 0 aromatic rings. The van der Waals surface area contributed by atoms with Gasteiger partial charge in [-0.05, 0) is 31.1 Å². The molecule has 0 amide bonds. The van der Waals surface area contributed by atoms with E-state index in [1.165, 1.54) is 19.3 Å². The number of nitrogens with zero attached hydrogens (tertiary/aromatic N) is 1. The summed E-state index contributed by atoms with van der Waals surface area (Å²) in [5.74, 6) is 1.44. The summed E-state index contributed by atoms with van der Waals surface area (Å²) < 4.78 is 5.23. The van der Waals surface area contributed by atoms with E-state index in [2.05, 4.69) is 25.7 Å². The van der Waals surface area contributed by atoms with Crippen molar-refractivity contribution in [2.24, 2.45) is 11.8 Å². The number of ether oxygens (including phenoxy) is 1. The van der Waals surface area contributed by atoms with E-state index in [9.17, 15) is 5.11 Å². The number of hydrogen-bond donors (Lipinski definition) is 1. The van der Waals surface area contributed by atoms with Crippen LogP contribution in [0.15, 0.2) is 0 Å². The van der Waals surface area contributed by atoms with E-state index in [1.807, 2.05) is 0 Å². The van der Waals surface area contributed by atoms with E-state index in [-0.39, 0.29) is 6.10 Å². The first-order chi connectivity index (χ1) is 9.08. The molecule has 0 bridgehead atoms. The quantitative estimate of drug-likeness (QED) is 0.737. The van der Waals surface area contributed by atoms with Crippen LogP contribution in [0.4, 0.5) is 0 Å². The molecule has 1 aliphatic carbocycles. The van der Waals surface area contributed by atoms with Crippen molar-refractivity contribution in [2.75, 3.05) is 26.8 Å². The minimum Gasteiger partial charge on any atom is -0.391 e. The number of methoxy groups -OCH3 is 1. The number of hydrogen-bond acceptors (Lipinski definition) is 3. The van der Waals surface area contributed by atoms with Crippen LogP contribution < -0.4 is 0 Å². The van der Waals surface area contributed by atoms with E-state index in [1.54, 1.807) is 7.11 Å². The second kappa shape index (κ2) is 8.93. The highest BCUT2D eigenvalue weighted by atomic mass is 16.5. The Bertz CT molecular complexity index is 233. The van der Waals surface area contributed by atoms with Crippen LogP contribution in [0.3, 0.4) is 0 Å². The van der Waals surface area contributed by atoms with Gasteiger partial charge in [-0.15, -0.1) is 0 Å². The average molecular weight is 271 g/mol. The molecule has 1 fully saturated rings. The van der Waals surface area contributed by atoms with Crippen LogP contribution in [0.5, 0.6) is 0 Å². The van der Waals surface area contributed by atoms with Crippen molar-refractivity contribution < 1.29 is 9.84 Å². The third-order valence-corrected chi connectivity index (χ3v) is 4.24. The lowest BCUT2D eigenvalue weighted by Gasteiger charge is -2.41. The highest BCUT2D eigenvalue weighted by Gasteiger charge is 2.32. The first kappa shape index (κ1) is 16.9. The molecule has 3 atom stereocenters. The number of aliphatic hydroxyl groups is 1. The van der Waals surface area contributed by atoms with Crippen LogP contribution in [-0.4, -0.2) is 49.0 Å². The summed E-state index contributed by atoms with van der Waals surface area (Å²) in [4.78, 5) is 2.46. The van der Waals surface area contributed by atoms with E-state index < -0.39 is 0 Å². The van der Waals surface area contributed by atoms with Crippen LogP contribution in [0.1, 0.15) is 52.9 Å². The van der Waals surface area contributed by atoms with Crippen LogP contribution in [0.2, 0.25) is 0 Å². The highest BCUT2D eigenvalue weighted by Crippen LogP contribution is 2.31. The summed E-state index contributed by atoms with van der Waals surface area (Å²) in [5, 5.41) is 10.4. The summed E-state index contributed by atoms with van der Waals surface area (Å²) in [6.45, 7) is 9.52. The Hall–Kier alpha value is -0.120. The van der Waals surface area contributed by atoms with E-state index in [0.717, 1.165) is 38.5 Å². The van der Waals surface area contributed by atoms with Crippen LogP contribution in [-0.2, 0) is 4.74 Å². The van der Waals surface area contributed by atoms with Crippen molar-refractivity contribution in [1.29, 1.82) is 0 Å².